The fourth-order valence-corrected chi connectivity index (χ4v) is 4.57. The monoisotopic (exact) mass is 385 g/mol. The predicted molar refractivity (Wildman–Crippen MR) is 108 cm³/mol. The summed E-state index contributed by atoms with van der Waals surface area (Å²) in [4.78, 5) is 24.0. The second-order valence-corrected chi connectivity index (χ2v) is 8.13. The van der Waals surface area contributed by atoms with Gasteiger partial charge in [0, 0.05) is 12.3 Å². The number of rotatable bonds is 8. The standard InChI is InChI=1S/C23H31NO4/c1-17-15-20(19(17)11-14-24-16-21(25)26)28-22(27)23(12-7-2-3-8-13-23)18-9-5-4-6-10-18/h4-6,9-10,19-20,24H,1-3,7-8,11-16H2,(H,25,26). The molecule has 0 radical (unpaired) electrons. The van der Waals surface area contributed by atoms with Crippen LogP contribution in [0.15, 0.2) is 42.5 Å². The van der Waals surface area contributed by atoms with Crippen molar-refractivity contribution in [1.29, 1.82) is 0 Å². The second-order valence-electron chi connectivity index (χ2n) is 8.13. The van der Waals surface area contributed by atoms with E-state index in [1.54, 1.807) is 0 Å². The fraction of sp³-hybridized carbons (Fsp3) is 0.565. The minimum absolute atomic E-state index is 0.0548. The van der Waals surface area contributed by atoms with E-state index in [0.29, 0.717) is 13.0 Å². The van der Waals surface area contributed by atoms with Gasteiger partial charge in [0.05, 0.1) is 12.0 Å². The highest BCUT2D eigenvalue weighted by Crippen LogP contribution is 2.43. The Bertz CT molecular complexity index is 692. The van der Waals surface area contributed by atoms with Crippen molar-refractivity contribution in [3.05, 3.63) is 48.0 Å². The average molecular weight is 386 g/mol. The summed E-state index contributed by atoms with van der Waals surface area (Å²) < 4.78 is 6.06. The molecule has 2 aliphatic rings. The third-order valence-electron chi connectivity index (χ3n) is 6.28. The average Bonchev–Trinajstić information content (AvgIpc) is 2.95. The zero-order valence-electron chi connectivity index (χ0n) is 16.5. The Morgan fingerprint density at radius 3 is 2.43 bits per heavy atom. The number of carbonyl (C=O) groups is 2. The second kappa shape index (κ2) is 9.37. The molecule has 0 bridgehead atoms. The Labute approximate surface area is 167 Å². The molecular weight excluding hydrogens is 354 g/mol. The van der Waals surface area contributed by atoms with Crippen LogP contribution in [0.4, 0.5) is 0 Å². The van der Waals surface area contributed by atoms with E-state index in [0.717, 1.165) is 43.2 Å². The van der Waals surface area contributed by atoms with Crippen LogP contribution in [0.3, 0.4) is 0 Å². The number of esters is 1. The first-order valence-electron chi connectivity index (χ1n) is 10.4. The highest BCUT2D eigenvalue weighted by Gasteiger charge is 2.45. The molecule has 2 aliphatic carbocycles. The molecule has 2 saturated carbocycles. The number of carboxylic acid groups (broad SMARTS) is 1. The van der Waals surface area contributed by atoms with Gasteiger partial charge in [-0.3, -0.25) is 9.59 Å². The van der Waals surface area contributed by atoms with Crippen molar-refractivity contribution in [3.8, 4) is 0 Å². The van der Waals surface area contributed by atoms with Crippen molar-refractivity contribution in [2.45, 2.75) is 62.9 Å². The number of hydrogen-bond acceptors (Lipinski definition) is 4. The van der Waals surface area contributed by atoms with E-state index in [-0.39, 0.29) is 24.5 Å². The summed E-state index contributed by atoms with van der Waals surface area (Å²) in [5.74, 6) is -0.848. The van der Waals surface area contributed by atoms with Crippen molar-refractivity contribution in [2.75, 3.05) is 13.1 Å². The zero-order chi connectivity index (χ0) is 20.0. The lowest BCUT2D eigenvalue weighted by Crippen LogP contribution is -2.45. The summed E-state index contributed by atoms with van der Waals surface area (Å²) in [6.45, 7) is 4.60. The molecule has 3 rings (SSSR count). The van der Waals surface area contributed by atoms with Crippen molar-refractivity contribution in [2.24, 2.45) is 5.92 Å². The molecule has 0 heterocycles. The molecule has 2 unspecified atom stereocenters. The third-order valence-corrected chi connectivity index (χ3v) is 6.28. The van der Waals surface area contributed by atoms with Crippen LogP contribution < -0.4 is 5.32 Å². The summed E-state index contributed by atoms with van der Waals surface area (Å²) in [7, 11) is 0. The van der Waals surface area contributed by atoms with Gasteiger partial charge in [0.25, 0.3) is 0 Å². The lowest BCUT2D eigenvalue weighted by Gasteiger charge is -2.41. The normalized spacial score (nSPS) is 24.1. The van der Waals surface area contributed by atoms with Crippen LogP contribution in [0.25, 0.3) is 0 Å². The van der Waals surface area contributed by atoms with E-state index in [2.05, 4.69) is 24.0 Å². The molecule has 2 fully saturated rings. The van der Waals surface area contributed by atoms with Crippen LogP contribution in [-0.2, 0) is 19.7 Å². The largest absolute Gasteiger partial charge is 0.480 e. The van der Waals surface area contributed by atoms with Crippen molar-refractivity contribution in [1.82, 2.24) is 5.32 Å². The molecule has 0 saturated heterocycles. The minimum atomic E-state index is -0.867. The van der Waals surface area contributed by atoms with Gasteiger partial charge in [0.1, 0.15) is 6.10 Å². The molecule has 5 nitrogen and oxygen atoms in total. The molecule has 1 aromatic rings. The number of aliphatic carboxylic acids is 1. The number of ether oxygens (including phenoxy) is 1. The van der Waals surface area contributed by atoms with Crippen LogP contribution in [-0.4, -0.2) is 36.2 Å². The van der Waals surface area contributed by atoms with Gasteiger partial charge in [0.15, 0.2) is 0 Å². The molecular formula is C23H31NO4. The summed E-state index contributed by atoms with van der Waals surface area (Å²) >= 11 is 0. The van der Waals surface area contributed by atoms with Gasteiger partial charge in [-0.25, -0.2) is 0 Å². The van der Waals surface area contributed by atoms with Gasteiger partial charge in [-0.2, -0.15) is 0 Å². The number of carbonyl (C=O) groups excluding carboxylic acids is 1. The lowest BCUT2D eigenvalue weighted by atomic mass is 9.72. The van der Waals surface area contributed by atoms with E-state index in [1.807, 2.05) is 18.2 Å². The van der Waals surface area contributed by atoms with Gasteiger partial charge in [0.2, 0.25) is 0 Å². The minimum Gasteiger partial charge on any atom is -0.480 e. The summed E-state index contributed by atoms with van der Waals surface area (Å²) in [6.07, 6.45) is 7.41. The molecule has 5 heteroatoms. The smallest absolute Gasteiger partial charge is 0.317 e. The predicted octanol–water partition coefficient (Wildman–Crippen LogP) is 3.83. The number of hydrogen-bond donors (Lipinski definition) is 2. The number of carboxylic acids is 1. The van der Waals surface area contributed by atoms with E-state index in [1.165, 1.54) is 12.8 Å². The SMILES string of the molecule is C=C1CC(OC(=O)C2(c3ccccc3)CCCCCC2)C1CCNCC(=O)O. The number of benzene rings is 1. The molecule has 2 atom stereocenters. The van der Waals surface area contributed by atoms with Crippen LogP contribution in [0, 0.1) is 5.92 Å². The van der Waals surface area contributed by atoms with E-state index in [9.17, 15) is 9.59 Å². The van der Waals surface area contributed by atoms with Crippen molar-refractivity contribution >= 4 is 11.9 Å². The Hall–Kier alpha value is -2.14. The van der Waals surface area contributed by atoms with Gasteiger partial charge >= 0.3 is 11.9 Å². The summed E-state index contributed by atoms with van der Waals surface area (Å²) in [5, 5.41) is 11.6. The van der Waals surface area contributed by atoms with Crippen LogP contribution in [0.2, 0.25) is 0 Å². The topological polar surface area (TPSA) is 75.6 Å². The highest BCUT2D eigenvalue weighted by atomic mass is 16.5. The maximum absolute atomic E-state index is 13.4. The first-order chi connectivity index (χ1) is 13.5. The maximum atomic E-state index is 13.4. The van der Waals surface area contributed by atoms with E-state index < -0.39 is 11.4 Å². The zero-order valence-corrected chi connectivity index (χ0v) is 16.5. The fourth-order valence-electron chi connectivity index (χ4n) is 4.57. The first-order valence-corrected chi connectivity index (χ1v) is 10.4. The Kier molecular flexibility index (Phi) is 6.89. The first kappa shape index (κ1) is 20.6. The van der Waals surface area contributed by atoms with Crippen molar-refractivity contribution < 1.29 is 19.4 Å². The van der Waals surface area contributed by atoms with Crippen LogP contribution >= 0.6 is 0 Å². The number of nitrogens with one attached hydrogen (secondary N) is 1. The summed E-state index contributed by atoms with van der Waals surface area (Å²) in [5.41, 5.74) is 1.62. The van der Waals surface area contributed by atoms with E-state index in [4.69, 9.17) is 9.84 Å². The molecule has 2 N–H and O–H groups in total. The van der Waals surface area contributed by atoms with Crippen LogP contribution in [0.1, 0.15) is 56.9 Å². The molecule has 0 aromatic heterocycles. The molecule has 0 amide bonds. The van der Waals surface area contributed by atoms with Crippen molar-refractivity contribution in [3.63, 3.8) is 0 Å². The van der Waals surface area contributed by atoms with Crippen LogP contribution in [0.5, 0.6) is 0 Å². The quantitative estimate of drug-likeness (QED) is 0.308. The summed E-state index contributed by atoms with van der Waals surface area (Å²) in [6, 6.07) is 10.1. The maximum Gasteiger partial charge on any atom is 0.317 e. The van der Waals surface area contributed by atoms with Gasteiger partial charge in [-0.05, 0) is 31.4 Å². The lowest BCUT2D eigenvalue weighted by molar-refractivity contribution is -0.162. The molecule has 28 heavy (non-hydrogen) atoms. The molecule has 0 aliphatic heterocycles. The van der Waals surface area contributed by atoms with Gasteiger partial charge in [-0.15, -0.1) is 0 Å². The van der Waals surface area contributed by atoms with Gasteiger partial charge < -0.3 is 15.2 Å². The highest BCUT2D eigenvalue weighted by molar-refractivity contribution is 5.83. The third kappa shape index (κ3) is 4.64. The Balaban J connectivity index is 1.66. The molecule has 152 valence electrons. The molecule has 1 aromatic carbocycles. The van der Waals surface area contributed by atoms with Gasteiger partial charge in [-0.1, -0.05) is 68.2 Å². The Morgan fingerprint density at radius 1 is 1.14 bits per heavy atom. The molecule has 0 spiro atoms. The Morgan fingerprint density at radius 2 is 1.82 bits per heavy atom. The van der Waals surface area contributed by atoms with E-state index >= 15 is 0 Å².